The maximum atomic E-state index is 13.5. The minimum Gasteiger partial charge on any atom is -0.383 e. The van der Waals surface area contributed by atoms with Gasteiger partial charge in [0.25, 0.3) is 11.8 Å². The zero-order valence-corrected chi connectivity index (χ0v) is 14.8. The highest BCUT2D eigenvalue weighted by Crippen LogP contribution is 2.49. The molecule has 6 nitrogen and oxygen atoms in total. The number of alkyl halides is 3. The molecule has 0 fully saturated rings. The van der Waals surface area contributed by atoms with Crippen molar-refractivity contribution in [1.29, 1.82) is 0 Å². The van der Waals surface area contributed by atoms with Gasteiger partial charge in [0.05, 0.1) is 23.4 Å². The molecular weight excluding hydrogens is 375 g/mol. The van der Waals surface area contributed by atoms with E-state index >= 15 is 0 Å². The molecule has 2 aliphatic rings. The van der Waals surface area contributed by atoms with E-state index in [4.69, 9.17) is 4.74 Å². The van der Waals surface area contributed by atoms with E-state index < -0.39 is 29.2 Å². The summed E-state index contributed by atoms with van der Waals surface area (Å²) < 4.78 is 45.5. The zero-order chi connectivity index (χ0) is 20.1. The van der Waals surface area contributed by atoms with Crippen molar-refractivity contribution in [1.82, 2.24) is 4.90 Å². The van der Waals surface area contributed by atoms with E-state index in [1.165, 1.54) is 24.1 Å². The first kappa shape index (κ1) is 18.3. The van der Waals surface area contributed by atoms with E-state index in [-0.39, 0.29) is 24.4 Å². The molecule has 1 spiro atoms. The molecule has 2 heterocycles. The van der Waals surface area contributed by atoms with E-state index in [1.807, 2.05) is 0 Å². The minimum absolute atomic E-state index is 0.0137. The van der Waals surface area contributed by atoms with Crippen LogP contribution in [-0.4, -0.2) is 37.0 Å². The topological polar surface area (TPSA) is 70.7 Å². The van der Waals surface area contributed by atoms with E-state index in [2.05, 4.69) is 10.6 Å². The minimum atomic E-state index is -4.65. The number of hydrogen-bond donors (Lipinski definition) is 2. The Balaban J connectivity index is 1.95. The summed E-state index contributed by atoms with van der Waals surface area (Å²) in [5.41, 5.74) is -2.34. The van der Waals surface area contributed by atoms with Gasteiger partial charge in [-0.05, 0) is 18.2 Å². The first-order valence-electron chi connectivity index (χ1n) is 8.51. The Morgan fingerprint density at radius 2 is 1.86 bits per heavy atom. The van der Waals surface area contributed by atoms with Gasteiger partial charge in [-0.1, -0.05) is 24.3 Å². The summed E-state index contributed by atoms with van der Waals surface area (Å²) >= 11 is 0. The number of carbonyl (C=O) groups is 2. The lowest BCUT2D eigenvalue weighted by molar-refractivity contribution is -0.136. The molecule has 0 saturated carbocycles. The molecule has 0 radical (unpaired) electrons. The Hall–Kier alpha value is -3.07. The lowest BCUT2D eigenvalue weighted by Crippen LogP contribution is -2.62. The third-order valence-corrected chi connectivity index (χ3v) is 4.97. The first-order valence-corrected chi connectivity index (χ1v) is 8.51. The van der Waals surface area contributed by atoms with Crippen LogP contribution in [-0.2, 0) is 21.4 Å². The average Bonchev–Trinajstić information content (AvgIpc) is 2.93. The molecule has 0 saturated heterocycles. The largest absolute Gasteiger partial charge is 0.418 e. The number of benzene rings is 2. The summed E-state index contributed by atoms with van der Waals surface area (Å²) in [7, 11) is 1.44. The lowest BCUT2D eigenvalue weighted by atomic mass is 9.92. The highest BCUT2D eigenvalue weighted by atomic mass is 19.4. The van der Waals surface area contributed by atoms with Crippen LogP contribution in [0.15, 0.2) is 42.5 Å². The van der Waals surface area contributed by atoms with Gasteiger partial charge in [-0.15, -0.1) is 0 Å². The number of ether oxygens (including phenoxy) is 1. The van der Waals surface area contributed by atoms with Crippen LogP contribution in [0.25, 0.3) is 0 Å². The SMILES string of the molecule is COCCN1C(=O)c2ccccc2N[C@]12C(=O)Nc1c(C(F)(F)F)cccc12. The second-order valence-corrected chi connectivity index (χ2v) is 6.51. The maximum Gasteiger partial charge on any atom is 0.418 e. The van der Waals surface area contributed by atoms with E-state index in [0.29, 0.717) is 11.3 Å². The van der Waals surface area contributed by atoms with Crippen molar-refractivity contribution in [2.75, 3.05) is 30.9 Å². The van der Waals surface area contributed by atoms with Gasteiger partial charge in [0, 0.05) is 24.9 Å². The number of nitrogens with one attached hydrogen (secondary N) is 2. The quantitative estimate of drug-likeness (QED) is 0.844. The molecule has 2 aliphatic heterocycles. The molecule has 146 valence electrons. The summed E-state index contributed by atoms with van der Waals surface area (Å²) in [4.78, 5) is 27.4. The monoisotopic (exact) mass is 391 g/mol. The van der Waals surface area contributed by atoms with Crippen molar-refractivity contribution >= 4 is 23.2 Å². The number of carbonyl (C=O) groups excluding carboxylic acids is 2. The van der Waals surface area contributed by atoms with Gasteiger partial charge in [-0.3, -0.25) is 9.59 Å². The van der Waals surface area contributed by atoms with E-state index in [9.17, 15) is 22.8 Å². The number of nitrogens with zero attached hydrogens (tertiary/aromatic N) is 1. The Morgan fingerprint density at radius 1 is 1.11 bits per heavy atom. The van der Waals surface area contributed by atoms with Gasteiger partial charge in [-0.25, -0.2) is 0 Å². The number of halogens is 3. The molecule has 0 aromatic heterocycles. The van der Waals surface area contributed by atoms with Crippen molar-refractivity contribution in [3.05, 3.63) is 59.2 Å². The highest BCUT2D eigenvalue weighted by molar-refractivity contribution is 6.14. The van der Waals surface area contributed by atoms with Crippen molar-refractivity contribution in [3.8, 4) is 0 Å². The number of hydrogen-bond acceptors (Lipinski definition) is 4. The van der Waals surface area contributed by atoms with Gasteiger partial charge in [0.2, 0.25) is 5.66 Å². The predicted molar refractivity (Wildman–Crippen MR) is 94.7 cm³/mol. The molecule has 28 heavy (non-hydrogen) atoms. The average molecular weight is 391 g/mol. The molecule has 4 rings (SSSR count). The molecule has 2 amide bonds. The van der Waals surface area contributed by atoms with Crippen LogP contribution in [0.5, 0.6) is 0 Å². The van der Waals surface area contributed by atoms with Gasteiger partial charge in [-0.2, -0.15) is 13.2 Å². The number of rotatable bonds is 3. The van der Waals surface area contributed by atoms with E-state index in [0.717, 1.165) is 6.07 Å². The standard InChI is InChI=1S/C19H16F3N3O3/c1-28-10-9-25-16(26)11-5-2-3-8-14(11)24-18(25)12-6-4-7-13(19(20,21)22)15(12)23-17(18)27/h2-8,24H,9-10H2,1H3,(H,23,27)/t18-/m0/s1. The summed E-state index contributed by atoms with van der Waals surface area (Å²) in [6.07, 6.45) is -4.65. The Bertz CT molecular complexity index is 976. The third kappa shape index (κ3) is 2.46. The van der Waals surface area contributed by atoms with Crippen molar-refractivity contribution in [2.45, 2.75) is 11.8 Å². The number of anilines is 2. The molecular formula is C19H16F3N3O3. The van der Waals surface area contributed by atoms with Gasteiger partial charge >= 0.3 is 6.18 Å². The van der Waals surface area contributed by atoms with Gasteiger partial charge < -0.3 is 20.3 Å². The molecule has 0 aliphatic carbocycles. The number of para-hydroxylation sites is 2. The fourth-order valence-electron chi connectivity index (χ4n) is 3.73. The van der Waals surface area contributed by atoms with Crippen LogP contribution in [0.3, 0.4) is 0 Å². The van der Waals surface area contributed by atoms with Crippen LogP contribution in [0, 0.1) is 0 Å². The summed E-state index contributed by atoms with van der Waals surface area (Å²) in [5.74, 6) is -1.22. The van der Waals surface area contributed by atoms with Gasteiger partial charge in [0.15, 0.2) is 0 Å². The number of fused-ring (bicyclic) bond motifs is 3. The molecule has 1 atom stereocenters. The molecule has 2 aromatic rings. The van der Waals surface area contributed by atoms with Crippen LogP contribution in [0.4, 0.5) is 24.5 Å². The highest BCUT2D eigenvalue weighted by Gasteiger charge is 2.57. The number of amides is 2. The molecule has 2 N–H and O–H groups in total. The van der Waals surface area contributed by atoms with E-state index in [1.54, 1.807) is 24.3 Å². The first-order chi connectivity index (χ1) is 13.3. The second kappa shape index (κ2) is 6.23. The molecule has 0 bridgehead atoms. The number of methoxy groups -OCH3 is 1. The Kier molecular flexibility index (Phi) is 4.07. The second-order valence-electron chi connectivity index (χ2n) is 6.51. The van der Waals surface area contributed by atoms with Crippen LogP contribution < -0.4 is 10.6 Å². The van der Waals surface area contributed by atoms with Crippen molar-refractivity contribution < 1.29 is 27.5 Å². The van der Waals surface area contributed by atoms with Crippen molar-refractivity contribution in [2.24, 2.45) is 0 Å². The normalized spacial score (nSPS) is 20.6. The fourth-order valence-corrected chi connectivity index (χ4v) is 3.73. The summed E-state index contributed by atoms with van der Waals surface area (Å²) in [5, 5.41) is 5.35. The summed E-state index contributed by atoms with van der Waals surface area (Å²) in [6, 6.07) is 10.1. The zero-order valence-electron chi connectivity index (χ0n) is 14.8. The molecule has 0 unspecified atom stereocenters. The molecule has 2 aromatic carbocycles. The van der Waals surface area contributed by atoms with Crippen LogP contribution in [0.1, 0.15) is 21.5 Å². The summed E-state index contributed by atoms with van der Waals surface area (Å²) in [6.45, 7) is 0.124. The van der Waals surface area contributed by atoms with Gasteiger partial charge in [0.1, 0.15) is 0 Å². The van der Waals surface area contributed by atoms with Crippen LogP contribution >= 0.6 is 0 Å². The van der Waals surface area contributed by atoms with Crippen molar-refractivity contribution in [3.63, 3.8) is 0 Å². The lowest BCUT2D eigenvalue weighted by Gasteiger charge is -2.44. The third-order valence-electron chi connectivity index (χ3n) is 4.97. The van der Waals surface area contributed by atoms with Crippen LogP contribution in [0.2, 0.25) is 0 Å². The maximum absolute atomic E-state index is 13.5. The fraction of sp³-hybridized carbons (Fsp3) is 0.263. The Labute approximate surface area is 158 Å². The smallest absolute Gasteiger partial charge is 0.383 e. The Morgan fingerprint density at radius 3 is 2.57 bits per heavy atom. The molecule has 9 heteroatoms. The predicted octanol–water partition coefficient (Wildman–Crippen LogP) is 3.02.